The summed E-state index contributed by atoms with van der Waals surface area (Å²) in [7, 11) is 1.44. The summed E-state index contributed by atoms with van der Waals surface area (Å²) in [6, 6.07) is 4.91. The number of Topliss-reactive ketones (excluding diaryl/α,β-unsaturated/α-hetero) is 1. The molecule has 0 fully saturated rings. The van der Waals surface area contributed by atoms with Gasteiger partial charge in [0, 0.05) is 5.56 Å². The van der Waals surface area contributed by atoms with Crippen LogP contribution in [0.4, 0.5) is 4.39 Å². The van der Waals surface area contributed by atoms with E-state index in [-0.39, 0.29) is 5.78 Å². The van der Waals surface area contributed by atoms with Gasteiger partial charge in [-0.25, -0.2) is 4.39 Å². The summed E-state index contributed by atoms with van der Waals surface area (Å²) >= 11 is 0. The Morgan fingerprint density at radius 3 is 2.57 bits per heavy atom. The van der Waals surface area contributed by atoms with Gasteiger partial charge in [-0.05, 0) is 19.9 Å². The number of alkyl halides is 1. The second kappa shape index (κ2) is 4.22. The fourth-order valence-electron chi connectivity index (χ4n) is 1.37. The number of benzene rings is 1. The van der Waals surface area contributed by atoms with E-state index in [4.69, 9.17) is 4.74 Å². The molecule has 1 unspecified atom stereocenters. The molecular formula is C11H13FO2. The largest absolute Gasteiger partial charge is 0.496 e. The third-order valence-electron chi connectivity index (χ3n) is 2.06. The number of hydrogen-bond acceptors (Lipinski definition) is 2. The molecule has 0 bridgehead atoms. The summed E-state index contributed by atoms with van der Waals surface area (Å²) < 4.78 is 18.2. The molecule has 3 heteroatoms. The minimum Gasteiger partial charge on any atom is -0.496 e. The van der Waals surface area contributed by atoms with Gasteiger partial charge in [0.25, 0.3) is 0 Å². The van der Waals surface area contributed by atoms with Gasteiger partial charge in [0.05, 0.1) is 12.7 Å². The average molecular weight is 196 g/mol. The molecule has 1 atom stereocenters. The van der Waals surface area contributed by atoms with Gasteiger partial charge >= 0.3 is 0 Å². The third-order valence-corrected chi connectivity index (χ3v) is 2.06. The Hall–Kier alpha value is -1.38. The predicted molar refractivity (Wildman–Crippen MR) is 52.5 cm³/mol. The topological polar surface area (TPSA) is 26.3 Å². The lowest BCUT2D eigenvalue weighted by Gasteiger charge is -2.12. The smallest absolute Gasteiger partial charge is 0.163 e. The molecule has 2 nitrogen and oxygen atoms in total. The van der Waals surface area contributed by atoms with Crippen molar-refractivity contribution in [3.05, 3.63) is 29.3 Å². The number of ketones is 1. The first-order chi connectivity index (χ1) is 6.57. The van der Waals surface area contributed by atoms with Gasteiger partial charge in [-0.3, -0.25) is 4.79 Å². The van der Waals surface area contributed by atoms with Crippen molar-refractivity contribution in [2.45, 2.75) is 20.0 Å². The van der Waals surface area contributed by atoms with Gasteiger partial charge < -0.3 is 4.74 Å². The summed E-state index contributed by atoms with van der Waals surface area (Å²) in [5.74, 6) is 0.222. The van der Waals surface area contributed by atoms with Crippen LogP contribution >= 0.6 is 0 Å². The summed E-state index contributed by atoms with van der Waals surface area (Å²) in [5, 5.41) is 0. The van der Waals surface area contributed by atoms with Crippen LogP contribution in [0.2, 0.25) is 0 Å². The van der Waals surface area contributed by atoms with E-state index in [1.807, 2.05) is 0 Å². The number of halogens is 1. The first-order valence-electron chi connectivity index (χ1n) is 4.39. The quantitative estimate of drug-likeness (QED) is 0.695. The van der Waals surface area contributed by atoms with Crippen molar-refractivity contribution in [2.24, 2.45) is 0 Å². The van der Waals surface area contributed by atoms with Crippen molar-refractivity contribution in [2.75, 3.05) is 7.11 Å². The second-order valence-electron chi connectivity index (χ2n) is 3.10. The molecule has 0 spiro atoms. The maximum absolute atomic E-state index is 13.1. The van der Waals surface area contributed by atoms with Gasteiger partial charge in [-0.2, -0.15) is 0 Å². The van der Waals surface area contributed by atoms with Crippen molar-refractivity contribution in [1.82, 2.24) is 0 Å². The van der Waals surface area contributed by atoms with E-state index in [1.54, 1.807) is 18.2 Å². The highest BCUT2D eigenvalue weighted by Gasteiger charge is 2.15. The molecule has 0 saturated heterocycles. The fraction of sp³-hybridized carbons (Fsp3) is 0.364. The highest BCUT2D eigenvalue weighted by Crippen LogP contribution is 2.30. The van der Waals surface area contributed by atoms with E-state index in [9.17, 15) is 9.18 Å². The number of hydrogen-bond donors (Lipinski definition) is 0. The molecule has 0 aromatic heterocycles. The Bertz CT molecular complexity index is 345. The molecule has 0 aliphatic heterocycles. The Labute approximate surface area is 82.7 Å². The minimum absolute atomic E-state index is 0.121. The van der Waals surface area contributed by atoms with Crippen molar-refractivity contribution in [1.29, 1.82) is 0 Å². The summed E-state index contributed by atoms with van der Waals surface area (Å²) in [4.78, 5) is 11.2. The highest BCUT2D eigenvalue weighted by molar-refractivity contribution is 5.97. The molecule has 1 rings (SSSR count). The normalized spacial score (nSPS) is 12.3. The fourth-order valence-corrected chi connectivity index (χ4v) is 1.37. The van der Waals surface area contributed by atoms with Crippen molar-refractivity contribution < 1.29 is 13.9 Å². The van der Waals surface area contributed by atoms with Crippen LogP contribution < -0.4 is 4.74 Å². The average Bonchev–Trinajstić information content (AvgIpc) is 2.16. The van der Waals surface area contributed by atoms with Crippen LogP contribution in [0.15, 0.2) is 18.2 Å². The lowest BCUT2D eigenvalue weighted by Crippen LogP contribution is -2.01. The standard InChI is InChI=1S/C11H13FO2/c1-7(12)9-5-4-6-10(8(2)13)11(9)14-3/h4-7H,1-3H3. The molecule has 1 aromatic rings. The first kappa shape index (κ1) is 10.7. The van der Waals surface area contributed by atoms with Crippen LogP contribution in [0.5, 0.6) is 5.75 Å². The molecule has 14 heavy (non-hydrogen) atoms. The van der Waals surface area contributed by atoms with E-state index in [0.717, 1.165) is 0 Å². The molecule has 0 radical (unpaired) electrons. The first-order valence-corrected chi connectivity index (χ1v) is 4.39. The predicted octanol–water partition coefficient (Wildman–Crippen LogP) is 2.93. The molecule has 0 N–H and O–H groups in total. The number of methoxy groups -OCH3 is 1. The molecule has 76 valence electrons. The number of carbonyl (C=O) groups excluding carboxylic acids is 1. The van der Waals surface area contributed by atoms with Crippen molar-refractivity contribution in [3.63, 3.8) is 0 Å². The van der Waals surface area contributed by atoms with E-state index < -0.39 is 6.17 Å². The van der Waals surface area contributed by atoms with Crippen LogP contribution in [0, 0.1) is 0 Å². The highest BCUT2D eigenvalue weighted by atomic mass is 19.1. The zero-order chi connectivity index (χ0) is 10.7. The monoisotopic (exact) mass is 196 g/mol. The Balaban J connectivity index is 3.32. The molecule has 0 amide bonds. The Morgan fingerprint density at radius 1 is 1.50 bits per heavy atom. The minimum atomic E-state index is -1.13. The van der Waals surface area contributed by atoms with Crippen LogP contribution in [0.25, 0.3) is 0 Å². The van der Waals surface area contributed by atoms with Crippen molar-refractivity contribution in [3.8, 4) is 5.75 Å². The summed E-state index contributed by atoms with van der Waals surface area (Å²) in [5.41, 5.74) is 0.842. The lowest BCUT2D eigenvalue weighted by atomic mass is 10.0. The molecule has 1 aromatic carbocycles. The van der Waals surface area contributed by atoms with E-state index >= 15 is 0 Å². The van der Waals surface area contributed by atoms with Gasteiger partial charge in [0.2, 0.25) is 0 Å². The molecule has 0 aliphatic rings. The maximum atomic E-state index is 13.1. The van der Waals surface area contributed by atoms with Crippen LogP contribution in [-0.2, 0) is 0 Å². The lowest BCUT2D eigenvalue weighted by molar-refractivity contribution is 0.101. The number of rotatable bonds is 3. The van der Waals surface area contributed by atoms with Crippen LogP contribution in [0.1, 0.15) is 35.9 Å². The maximum Gasteiger partial charge on any atom is 0.163 e. The van der Waals surface area contributed by atoms with Crippen molar-refractivity contribution >= 4 is 5.78 Å². The molecule has 0 saturated carbocycles. The molecule has 0 heterocycles. The third kappa shape index (κ3) is 1.92. The molecule has 0 aliphatic carbocycles. The van der Waals surface area contributed by atoms with Gasteiger partial charge in [-0.15, -0.1) is 0 Å². The van der Waals surface area contributed by atoms with Gasteiger partial charge in [0.1, 0.15) is 11.9 Å². The Morgan fingerprint density at radius 2 is 2.14 bits per heavy atom. The number of ether oxygens (including phenoxy) is 1. The van der Waals surface area contributed by atoms with E-state index in [2.05, 4.69) is 0 Å². The zero-order valence-electron chi connectivity index (χ0n) is 8.50. The molecular weight excluding hydrogens is 183 g/mol. The number of carbonyl (C=O) groups is 1. The zero-order valence-corrected chi connectivity index (χ0v) is 8.50. The van der Waals surface area contributed by atoms with Crippen LogP contribution in [-0.4, -0.2) is 12.9 Å². The van der Waals surface area contributed by atoms with E-state index in [0.29, 0.717) is 16.9 Å². The SMILES string of the molecule is COc1c(C(C)=O)cccc1C(C)F. The van der Waals surface area contributed by atoms with E-state index in [1.165, 1.54) is 21.0 Å². The second-order valence-corrected chi connectivity index (χ2v) is 3.10. The Kier molecular flexibility index (Phi) is 3.23. The van der Waals surface area contributed by atoms with Gasteiger partial charge in [-0.1, -0.05) is 12.1 Å². The van der Waals surface area contributed by atoms with Crippen LogP contribution in [0.3, 0.4) is 0 Å². The number of para-hydroxylation sites is 1. The van der Waals surface area contributed by atoms with Gasteiger partial charge in [0.15, 0.2) is 5.78 Å². The summed E-state index contributed by atoms with van der Waals surface area (Å²) in [6.45, 7) is 2.85. The summed E-state index contributed by atoms with van der Waals surface area (Å²) in [6.07, 6.45) is -1.13.